The number of hydrogen-bond acceptors (Lipinski definition) is 4. The van der Waals surface area contributed by atoms with Crippen LogP contribution in [0, 0.1) is 0 Å². The monoisotopic (exact) mass is 293 g/mol. The van der Waals surface area contributed by atoms with Gasteiger partial charge in [0.05, 0.1) is 13.2 Å². The third kappa shape index (κ3) is 2.24. The van der Waals surface area contributed by atoms with Gasteiger partial charge in [-0.05, 0) is 48.3 Å². The quantitative estimate of drug-likeness (QED) is 0.822. The van der Waals surface area contributed by atoms with Crippen LogP contribution in [-0.2, 0) is 11.8 Å². The van der Waals surface area contributed by atoms with Crippen LogP contribution in [0.2, 0.25) is 0 Å². The summed E-state index contributed by atoms with van der Waals surface area (Å²) in [6.45, 7) is 2.29. The van der Waals surface area contributed by atoms with Gasteiger partial charge in [-0.1, -0.05) is 19.4 Å². The molecule has 1 unspecified atom stereocenters. The molecular weight excluding hydrogens is 270 g/mol. The number of hydroxylamine groups is 1. The summed E-state index contributed by atoms with van der Waals surface area (Å²) in [5.41, 5.74) is 5.38. The summed E-state index contributed by atoms with van der Waals surface area (Å²) in [7, 11) is 1.71. The second-order valence-corrected chi connectivity index (χ2v) is 7.46. The van der Waals surface area contributed by atoms with Crippen LogP contribution in [0.5, 0.6) is 5.75 Å². The van der Waals surface area contributed by atoms with Crippen LogP contribution >= 0.6 is 11.8 Å². The summed E-state index contributed by atoms with van der Waals surface area (Å²) >= 11 is 2.00. The van der Waals surface area contributed by atoms with E-state index >= 15 is 0 Å². The average Bonchev–Trinajstić information content (AvgIpc) is 2.45. The SMILES string of the molecule is COc1ccc2c(c1)[C@]1(C)CCCCSC(C2)[C@H]1NO. The molecular formula is C16H23NO2S. The van der Waals surface area contributed by atoms with Gasteiger partial charge in [0.25, 0.3) is 0 Å². The van der Waals surface area contributed by atoms with E-state index in [9.17, 15) is 5.21 Å². The lowest BCUT2D eigenvalue weighted by atomic mass is 9.65. The van der Waals surface area contributed by atoms with Crippen molar-refractivity contribution >= 4 is 11.8 Å². The fourth-order valence-electron chi connectivity index (χ4n) is 3.80. The second kappa shape index (κ2) is 5.58. The number of nitrogens with one attached hydrogen (secondary N) is 1. The van der Waals surface area contributed by atoms with Crippen molar-refractivity contribution in [3.8, 4) is 5.75 Å². The summed E-state index contributed by atoms with van der Waals surface area (Å²) in [6, 6.07) is 6.55. The molecule has 4 heteroatoms. The first kappa shape index (κ1) is 14.2. The fourth-order valence-corrected chi connectivity index (χ4v) is 5.33. The lowest BCUT2D eigenvalue weighted by molar-refractivity contribution is 0.0759. The van der Waals surface area contributed by atoms with Gasteiger partial charge in [-0.25, -0.2) is 5.48 Å². The Bertz CT molecular complexity index is 493. The first-order valence-electron chi connectivity index (χ1n) is 7.37. The number of rotatable bonds is 2. The van der Waals surface area contributed by atoms with Gasteiger partial charge in [-0.3, -0.25) is 0 Å². The molecule has 1 aliphatic carbocycles. The number of ether oxygens (including phenoxy) is 1. The molecule has 0 amide bonds. The van der Waals surface area contributed by atoms with Crippen molar-refractivity contribution in [2.75, 3.05) is 12.9 Å². The fraction of sp³-hybridized carbons (Fsp3) is 0.625. The zero-order valence-corrected chi connectivity index (χ0v) is 13.0. The maximum atomic E-state index is 9.74. The van der Waals surface area contributed by atoms with Crippen LogP contribution in [0.1, 0.15) is 37.3 Å². The molecule has 3 rings (SSSR count). The van der Waals surface area contributed by atoms with Crippen LogP contribution in [-0.4, -0.2) is 29.4 Å². The Hall–Kier alpha value is -0.710. The second-order valence-electron chi connectivity index (χ2n) is 6.12. The Labute approximate surface area is 125 Å². The normalized spacial score (nSPS) is 33.0. The predicted molar refractivity (Wildman–Crippen MR) is 82.9 cm³/mol. The van der Waals surface area contributed by atoms with E-state index in [1.165, 1.54) is 29.7 Å². The van der Waals surface area contributed by atoms with E-state index in [-0.39, 0.29) is 11.5 Å². The highest BCUT2D eigenvalue weighted by atomic mass is 32.2. The van der Waals surface area contributed by atoms with Crippen molar-refractivity contribution < 1.29 is 9.94 Å². The van der Waals surface area contributed by atoms with Crippen molar-refractivity contribution in [3.05, 3.63) is 29.3 Å². The van der Waals surface area contributed by atoms with E-state index in [0.717, 1.165) is 18.6 Å². The van der Waals surface area contributed by atoms with E-state index in [0.29, 0.717) is 5.25 Å². The summed E-state index contributed by atoms with van der Waals surface area (Å²) in [6.07, 6.45) is 4.62. The van der Waals surface area contributed by atoms with Gasteiger partial charge in [0.2, 0.25) is 0 Å². The molecule has 1 heterocycles. The van der Waals surface area contributed by atoms with Gasteiger partial charge >= 0.3 is 0 Å². The molecule has 3 nitrogen and oxygen atoms in total. The average molecular weight is 293 g/mol. The first-order chi connectivity index (χ1) is 9.69. The standard InChI is InChI=1S/C16H23NO2S/c1-16-7-3-4-8-20-14(15(16)17-18)9-11-5-6-12(19-2)10-13(11)16/h5-6,10,14-15,17-18H,3-4,7-9H2,1-2H3/t14?,15-,16+/m1/s1. The highest BCUT2D eigenvalue weighted by Gasteiger charge is 2.46. The van der Waals surface area contributed by atoms with Crippen molar-refractivity contribution in [1.29, 1.82) is 0 Å². The summed E-state index contributed by atoms with van der Waals surface area (Å²) < 4.78 is 5.40. The molecule has 1 aliphatic heterocycles. The van der Waals surface area contributed by atoms with Gasteiger partial charge in [0, 0.05) is 10.7 Å². The van der Waals surface area contributed by atoms with E-state index in [2.05, 4.69) is 30.6 Å². The molecule has 1 aromatic carbocycles. The van der Waals surface area contributed by atoms with Gasteiger partial charge in [-0.2, -0.15) is 11.8 Å². The van der Waals surface area contributed by atoms with Crippen molar-refractivity contribution in [2.24, 2.45) is 0 Å². The summed E-state index contributed by atoms with van der Waals surface area (Å²) in [5, 5.41) is 10.2. The summed E-state index contributed by atoms with van der Waals surface area (Å²) in [4.78, 5) is 0. The molecule has 1 saturated heterocycles. The van der Waals surface area contributed by atoms with Crippen molar-refractivity contribution in [1.82, 2.24) is 5.48 Å². The zero-order valence-electron chi connectivity index (χ0n) is 12.2. The highest BCUT2D eigenvalue weighted by Crippen LogP contribution is 2.46. The highest BCUT2D eigenvalue weighted by molar-refractivity contribution is 7.99. The molecule has 2 N–H and O–H groups in total. The Morgan fingerprint density at radius 2 is 2.25 bits per heavy atom. The van der Waals surface area contributed by atoms with E-state index in [1.54, 1.807) is 7.11 Å². The molecule has 3 atom stereocenters. The molecule has 0 saturated carbocycles. The molecule has 110 valence electrons. The number of benzene rings is 1. The van der Waals surface area contributed by atoms with Crippen molar-refractivity contribution in [3.63, 3.8) is 0 Å². The Balaban J connectivity index is 2.10. The lowest BCUT2D eigenvalue weighted by Gasteiger charge is -2.47. The minimum atomic E-state index is -0.0189. The maximum absolute atomic E-state index is 9.74. The lowest BCUT2D eigenvalue weighted by Crippen LogP contribution is -2.56. The first-order valence-corrected chi connectivity index (χ1v) is 8.42. The molecule has 2 bridgehead atoms. The van der Waals surface area contributed by atoms with Crippen LogP contribution in [0.25, 0.3) is 0 Å². The van der Waals surface area contributed by atoms with E-state index in [1.807, 2.05) is 11.8 Å². The number of fused-ring (bicyclic) bond motifs is 4. The third-order valence-electron chi connectivity index (χ3n) is 4.97. The van der Waals surface area contributed by atoms with Gasteiger partial charge in [0.1, 0.15) is 5.75 Å². The molecule has 0 aromatic heterocycles. The Morgan fingerprint density at radius 3 is 3.00 bits per heavy atom. The zero-order chi connectivity index (χ0) is 14.2. The summed E-state index contributed by atoms with van der Waals surface area (Å²) in [5.74, 6) is 2.11. The Kier molecular flexibility index (Phi) is 3.98. The number of thioether (sulfide) groups is 1. The largest absolute Gasteiger partial charge is 0.497 e. The topological polar surface area (TPSA) is 41.5 Å². The molecule has 1 fully saturated rings. The third-order valence-corrected chi connectivity index (χ3v) is 6.36. The smallest absolute Gasteiger partial charge is 0.119 e. The van der Waals surface area contributed by atoms with Gasteiger partial charge in [0.15, 0.2) is 0 Å². The molecule has 0 spiro atoms. The predicted octanol–water partition coefficient (Wildman–Crippen LogP) is 3.14. The maximum Gasteiger partial charge on any atom is 0.119 e. The van der Waals surface area contributed by atoms with Crippen LogP contribution in [0.15, 0.2) is 18.2 Å². The van der Waals surface area contributed by atoms with E-state index in [4.69, 9.17) is 4.74 Å². The minimum Gasteiger partial charge on any atom is -0.497 e. The van der Waals surface area contributed by atoms with Crippen molar-refractivity contribution in [2.45, 2.75) is 49.3 Å². The van der Waals surface area contributed by atoms with E-state index < -0.39 is 0 Å². The Morgan fingerprint density at radius 1 is 1.40 bits per heavy atom. The van der Waals surface area contributed by atoms with Crippen LogP contribution in [0.3, 0.4) is 0 Å². The molecule has 1 aromatic rings. The number of hydrogen-bond donors (Lipinski definition) is 2. The van der Waals surface area contributed by atoms with Crippen LogP contribution in [0.4, 0.5) is 0 Å². The molecule has 0 radical (unpaired) electrons. The molecule has 20 heavy (non-hydrogen) atoms. The minimum absolute atomic E-state index is 0.0189. The van der Waals surface area contributed by atoms with Gasteiger partial charge in [-0.15, -0.1) is 0 Å². The number of methoxy groups -OCH3 is 1. The van der Waals surface area contributed by atoms with Gasteiger partial charge < -0.3 is 9.94 Å². The van der Waals surface area contributed by atoms with Crippen LogP contribution < -0.4 is 10.2 Å². The molecule has 2 aliphatic rings.